The molecule has 0 amide bonds. The number of nitrogens with zero attached hydrogens (tertiary/aromatic N) is 3. The second-order valence-corrected chi connectivity index (χ2v) is 8.92. The van der Waals surface area contributed by atoms with E-state index < -0.39 is 11.0 Å². The molecule has 0 aliphatic carbocycles. The molecule has 3 N–H and O–H groups in total. The van der Waals surface area contributed by atoms with Gasteiger partial charge in [0.25, 0.3) is 0 Å². The third-order valence-electron chi connectivity index (χ3n) is 5.04. The maximum absolute atomic E-state index is 12.7. The summed E-state index contributed by atoms with van der Waals surface area (Å²) in [6.07, 6.45) is 3.18. The Balaban J connectivity index is 1.25. The number of nitrogen functional groups attached to an aromatic ring is 1. The molecule has 0 bridgehead atoms. The Morgan fingerprint density at radius 1 is 1.29 bits per heavy atom. The van der Waals surface area contributed by atoms with Crippen LogP contribution < -0.4 is 10.5 Å². The first kappa shape index (κ1) is 17.7. The van der Waals surface area contributed by atoms with Crippen LogP contribution in [0.3, 0.4) is 0 Å². The molecular formula is C19H19N5O2S2. The van der Waals surface area contributed by atoms with Crippen molar-refractivity contribution in [3.8, 4) is 0 Å². The number of rotatable bonds is 5. The molecule has 9 heteroatoms. The lowest BCUT2D eigenvalue weighted by atomic mass is 10.1. The average molecular weight is 414 g/mol. The van der Waals surface area contributed by atoms with Gasteiger partial charge in [0.1, 0.15) is 28.9 Å². The maximum Gasteiger partial charge on any atom is 0.151 e. The monoisotopic (exact) mass is 413 g/mol. The number of benzene rings is 1. The Kier molecular flexibility index (Phi) is 4.59. The zero-order chi connectivity index (χ0) is 19.1. The zero-order valence-corrected chi connectivity index (χ0v) is 16.6. The van der Waals surface area contributed by atoms with Crippen molar-refractivity contribution < 1.29 is 8.95 Å². The molecule has 3 unspecified atom stereocenters. The van der Waals surface area contributed by atoms with Crippen LogP contribution in [0.15, 0.2) is 53.0 Å². The van der Waals surface area contributed by atoms with Gasteiger partial charge >= 0.3 is 0 Å². The first-order chi connectivity index (χ1) is 13.7. The van der Waals surface area contributed by atoms with E-state index in [-0.39, 0.29) is 12.2 Å². The maximum atomic E-state index is 12.7. The van der Waals surface area contributed by atoms with Crippen molar-refractivity contribution in [2.45, 2.75) is 29.9 Å². The quantitative estimate of drug-likeness (QED) is 0.524. The molecule has 1 aliphatic heterocycles. The minimum atomic E-state index is -1.26. The molecule has 144 valence electrons. The standard InChI is InChI=1S/C19H19N5O2S2/c20-19-15-7-6-14(24(15)22-11-21-19)16-8-5-12(26-16)9-23-28(25)18-10-27-17-4-2-1-3-13(17)18/h1-4,6-7,10-12,16,23H,5,8-9H2,(H2,20,21,22). The van der Waals surface area contributed by atoms with Crippen molar-refractivity contribution in [3.05, 3.63) is 53.8 Å². The molecule has 1 aliphatic rings. The fraction of sp³-hybridized carbons (Fsp3) is 0.263. The van der Waals surface area contributed by atoms with Crippen molar-refractivity contribution in [1.29, 1.82) is 0 Å². The van der Waals surface area contributed by atoms with E-state index in [2.05, 4.69) is 14.8 Å². The van der Waals surface area contributed by atoms with E-state index in [1.807, 2.05) is 41.8 Å². The number of ether oxygens (including phenoxy) is 1. The largest absolute Gasteiger partial charge is 0.382 e. The van der Waals surface area contributed by atoms with Gasteiger partial charge in [0, 0.05) is 22.0 Å². The van der Waals surface area contributed by atoms with Gasteiger partial charge in [-0.15, -0.1) is 11.3 Å². The van der Waals surface area contributed by atoms with Gasteiger partial charge in [-0.25, -0.2) is 18.4 Å². The van der Waals surface area contributed by atoms with Crippen molar-refractivity contribution in [2.24, 2.45) is 0 Å². The topological polar surface area (TPSA) is 94.5 Å². The van der Waals surface area contributed by atoms with Gasteiger partial charge in [-0.1, -0.05) is 18.2 Å². The van der Waals surface area contributed by atoms with Crippen LogP contribution in [0.4, 0.5) is 5.82 Å². The highest BCUT2D eigenvalue weighted by Crippen LogP contribution is 2.34. The van der Waals surface area contributed by atoms with E-state index in [0.717, 1.165) is 39.0 Å². The summed E-state index contributed by atoms with van der Waals surface area (Å²) in [5.74, 6) is 0.454. The van der Waals surface area contributed by atoms with Gasteiger partial charge in [0.2, 0.25) is 0 Å². The molecule has 3 aromatic heterocycles. The van der Waals surface area contributed by atoms with Crippen LogP contribution in [-0.4, -0.2) is 31.5 Å². The molecule has 4 aromatic rings. The van der Waals surface area contributed by atoms with Crippen molar-refractivity contribution in [2.75, 3.05) is 12.3 Å². The normalized spacial score (nSPS) is 20.9. The number of aromatic nitrogens is 3. The second-order valence-electron chi connectivity index (χ2n) is 6.74. The summed E-state index contributed by atoms with van der Waals surface area (Å²) in [6, 6.07) is 11.9. The Morgan fingerprint density at radius 2 is 2.18 bits per heavy atom. The predicted octanol–water partition coefficient (Wildman–Crippen LogP) is 3.06. The lowest BCUT2D eigenvalue weighted by Gasteiger charge is -2.14. The number of anilines is 1. The minimum absolute atomic E-state index is 0.00332. The van der Waals surface area contributed by atoms with E-state index in [9.17, 15) is 4.21 Å². The van der Waals surface area contributed by atoms with Gasteiger partial charge in [0.05, 0.1) is 16.7 Å². The third kappa shape index (κ3) is 3.10. The van der Waals surface area contributed by atoms with Gasteiger partial charge < -0.3 is 10.5 Å². The molecule has 1 aromatic carbocycles. The van der Waals surface area contributed by atoms with E-state index in [1.54, 1.807) is 15.9 Å². The summed E-state index contributed by atoms with van der Waals surface area (Å²) in [7, 11) is -1.26. The van der Waals surface area contributed by atoms with Gasteiger partial charge in [-0.2, -0.15) is 5.10 Å². The Morgan fingerprint density at radius 3 is 3.11 bits per heavy atom. The number of fused-ring (bicyclic) bond motifs is 2. The van der Waals surface area contributed by atoms with E-state index in [0.29, 0.717) is 12.4 Å². The van der Waals surface area contributed by atoms with Crippen molar-refractivity contribution in [3.63, 3.8) is 0 Å². The zero-order valence-electron chi connectivity index (χ0n) is 14.9. The Hall–Kier alpha value is -2.33. The fourth-order valence-electron chi connectivity index (χ4n) is 3.63. The number of hydrogen-bond donors (Lipinski definition) is 2. The number of thiophene rings is 1. The molecule has 5 rings (SSSR count). The summed E-state index contributed by atoms with van der Waals surface area (Å²) in [4.78, 5) is 4.85. The second kappa shape index (κ2) is 7.25. The number of nitrogens with two attached hydrogens (primary N) is 1. The molecule has 4 heterocycles. The Bertz CT molecular complexity index is 1170. The lowest BCUT2D eigenvalue weighted by molar-refractivity contribution is 0.0447. The summed E-state index contributed by atoms with van der Waals surface area (Å²) in [6.45, 7) is 0.535. The van der Waals surface area contributed by atoms with Gasteiger partial charge in [-0.05, 0) is 31.0 Å². The first-order valence-corrected chi connectivity index (χ1v) is 11.1. The van der Waals surface area contributed by atoms with E-state index in [4.69, 9.17) is 10.5 Å². The highest BCUT2D eigenvalue weighted by atomic mass is 32.2. The molecule has 0 radical (unpaired) electrons. The van der Waals surface area contributed by atoms with Crippen LogP contribution in [0.1, 0.15) is 24.6 Å². The van der Waals surface area contributed by atoms with Crippen molar-refractivity contribution >= 4 is 43.7 Å². The highest BCUT2D eigenvalue weighted by Gasteiger charge is 2.29. The molecule has 1 saturated heterocycles. The summed E-state index contributed by atoms with van der Waals surface area (Å²) in [5.41, 5.74) is 7.66. The number of nitrogens with one attached hydrogen (secondary N) is 1. The first-order valence-electron chi connectivity index (χ1n) is 9.06. The third-order valence-corrected chi connectivity index (χ3v) is 7.31. The molecule has 7 nitrogen and oxygen atoms in total. The molecular weight excluding hydrogens is 394 g/mol. The molecule has 0 spiro atoms. The summed E-state index contributed by atoms with van der Waals surface area (Å²) < 4.78 is 25.0. The molecule has 3 atom stereocenters. The van der Waals surface area contributed by atoms with Gasteiger partial charge in [-0.3, -0.25) is 0 Å². The molecule has 0 saturated carbocycles. The Labute approximate surface area is 168 Å². The van der Waals surface area contributed by atoms with Crippen LogP contribution in [0.2, 0.25) is 0 Å². The van der Waals surface area contributed by atoms with Crippen LogP contribution in [0.5, 0.6) is 0 Å². The summed E-state index contributed by atoms with van der Waals surface area (Å²) in [5, 5.41) is 7.29. The smallest absolute Gasteiger partial charge is 0.151 e. The summed E-state index contributed by atoms with van der Waals surface area (Å²) >= 11 is 1.61. The predicted molar refractivity (Wildman–Crippen MR) is 110 cm³/mol. The minimum Gasteiger partial charge on any atom is -0.382 e. The molecule has 28 heavy (non-hydrogen) atoms. The highest BCUT2D eigenvalue weighted by molar-refractivity contribution is 7.83. The van der Waals surface area contributed by atoms with E-state index >= 15 is 0 Å². The fourth-order valence-corrected chi connectivity index (χ4v) is 5.89. The van der Waals surface area contributed by atoms with E-state index in [1.165, 1.54) is 6.33 Å². The van der Waals surface area contributed by atoms with Crippen LogP contribution >= 0.6 is 11.3 Å². The van der Waals surface area contributed by atoms with Crippen molar-refractivity contribution in [1.82, 2.24) is 19.3 Å². The SMILES string of the molecule is Nc1ncnn2c(C3CCC(CNS(=O)c4csc5ccccc45)O3)ccc12. The van der Waals surface area contributed by atoms with Crippen LogP contribution in [0, 0.1) is 0 Å². The number of hydrogen-bond acceptors (Lipinski definition) is 6. The molecule has 1 fully saturated rings. The lowest BCUT2D eigenvalue weighted by Crippen LogP contribution is -2.28. The average Bonchev–Trinajstić information content (AvgIpc) is 3.44. The van der Waals surface area contributed by atoms with Gasteiger partial charge in [0.15, 0.2) is 5.82 Å². The van der Waals surface area contributed by atoms with Crippen LogP contribution in [-0.2, 0) is 15.7 Å². The van der Waals surface area contributed by atoms with Crippen LogP contribution in [0.25, 0.3) is 15.6 Å².